The maximum Gasteiger partial charge on any atom is 0.251 e. The molecule has 0 bridgehead atoms. The van der Waals surface area contributed by atoms with Crippen LogP contribution in [0.4, 0.5) is 5.69 Å². The second-order valence-electron chi connectivity index (χ2n) is 5.84. The lowest BCUT2D eigenvalue weighted by Crippen LogP contribution is -2.37. The van der Waals surface area contributed by atoms with Crippen LogP contribution in [-0.4, -0.2) is 39.1 Å². The highest BCUT2D eigenvalue weighted by atomic mass is 16.5. The van der Waals surface area contributed by atoms with Gasteiger partial charge in [-0.05, 0) is 42.8 Å². The molecule has 0 fully saturated rings. The molecule has 2 aromatic carbocycles. The van der Waals surface area contributed by atoms with Gasteiger partial charge in [-0.1, -0.05) is 12.1 Å². The van der Waals surface area contributed by atoms with Gasteiger partial charge in [0.1, 0.15) is 0 Å². The van der Waals surface area contributed by atoms with Gasteiger partial charge in [-0.2, -0.15) is 0 Å². The van der Waals surface area contributed by atoms with Crippen LogP contribution >= 0.6 is 0 Å². The van der Waals surface area contributed by atoms with Crippen LogP contribution in [0.5, 0.6) is 11.5 Å². The van der Waals surface area contributed by atoms with E-state index in [1.165, 1.54) is 14.0 Å². The quantitative estimate of drug-likeness (QED) is 0.828. The zero-order valence-corrected chi connectivity index (χ0v) is 15.5. The summed E-state index contributed by atoms with van der Waals surface area (Å²) in [5.41, 5.74) is 2.36. The fourth-order valence-electron chi connectivity index (χ4n) is 2.62. The summed E-state index contributed by atoms with van der Waals surface area (Å²) in [5, 5.41) is 2.83. The number of aryl methyl sites for hydroxylation is 1. The van der Waals surface area contributed by atoms with Gasteiger partial charge in [-0.3, -0.25) is 9.59 Å². The van der Waals surface area contributed by atoms with Crippen LogP contribution in [0.15, 0.2) is 42.5 Å². The smallest absolute Gasteiger partial charge is 0.251 e. The van der Waals surface area contributed by atoms with Gasteiger partial charge in [-0.15, -0.1) is 0 Å². The minimum atomic E-state index is -0.237. The van der Waals surface area contributed by atoms with Gasteiger partial charge < -0.3 is 19.7 Å². The molecule has 0 atom stereocenters. The zero-order chi connectivity index (χ0) is 19.1. The summed E-state index contributed by atoms with van der Waals surface area (Å²) in [4.78, 5) is 25.9. The van der Waals surface area contributed by atoms with Crippen molar-refractivity contribution in [3.8, 4) is 11.5 Å². The van der Waals surface area contributed by atoms with E-state index in [0.29, 0.717) is 30.2 Å². The number of hydrogen-bond acceptors (Lipinski definition) is 4. The molecule has 0 aromatic heterocycles. The van der Waals surface area contributed by atoms with Gasteiger partial charge in [0.25, 0.3) is 5.91 Å². The highest BCUT2D eigenvalue weighted by molar-refractivity contribution is 5.95. The molecular weight excluding hydrogens is 332 g/mol. The lowest BCUT2D eigenvalue weighted by Gasteiger charge is -2.22. The standard InChI is InChI=1S/C20H24N2O4/c1-14-6-5-7-17(12-14)22(15(2)23)11-10-21-20(24)16-8-9-18(25-3)19(13-16)26-4/h5-9,12-13H,10-11H2,1-4H3,(H,21,24). The Kier molecular flexibility index (Phi) is 6.60. The average molecular weight is 356 g/mol. The van der Waals surface area contributed by atoms with E-state index in [9.17, 15) is 9.59 Å². The van der Waals surface area contributed by atoms with E-state index < -0.39 is 0 Å². The Morgan fingerprint density at radius 3 is 2.38 bits per heavy atom. The van der Waals surface area contributed by atoms with E-state index in [4.69, 9.17) is 9.47 Å². The molecule has 0 aliphatic rings. The molecule has 0 saturated heterocycles. The molecule has 6 heteroatoms. The number of ether oxygens (including phenoxy) is 2. The third kappa shape index (κ3) is 4.75. The second kappa shape index (κ2) is 8.89. The number of nitrogens with zero attached hydrogens (tertiary/aromatic N) is 1. The van der Waals surface area contributed by atoms with E-state index in [-0.39, 0.29) is 11.8 Å². The van der Waals surface area contributed by atoms with E-state index in [2.05, 4.69) is 5.32 Å². The number of amides is 2. The maximum atomic E-state index is 12.3. The Hall–Kier alpha value is -3.02. The van der Waals surface area contributed by atoms with Crippen LogP contribution < -0.4 is 19.7 Å². The number of methoxy groups -OCH3 is 2. The van der Waals surface area contributed by atoms with Gasteiger partial charge >= 0.3 is 0 Å². The highest BCUT2D eigenvalue weighted by Gasteiger charge is 2.14. The first kappa shape index (κ1) is 19.3. The monoisotopic (exact) mass is 356 g/mol. The lowest BCUT2D eigenvalue weighted by molar-refractivity contribution is -0.116. The molecule has 0 aliphatic heterocycles. The Balaban J connectivity index is 2.01. The number of carbonyl (C=O) groups is 2. The predicted molar refractivity (Wildman–Crippen MR) is 101 cm³/mol. The van der Waals surface area contributed by atoms with Gasteiger partial charge in [0, 0.05) is 31.3 Å². The van der Waals surface area contributed by atoms with Crippen molar-refractivity contribution < 1.29 is 19.1 Å². The molecule has 0 saturated carbocycles. The van der Waals surface area contributed by atoms with E-state index in [1.807, 2.05) is 31.2 Å². The summed E-state index contributed by atoms with van der Waals surface area (Å²) in [6.07, 6.45) is 0. The van der Waals surface area contributed by atoms with Crippen molar-refractivity contribution in [2.75, 3.05) is 32.2 Å². The first-order valence-electron chi connectivity index (χ1n) is 8.31. The van der Waals surface area contributed by atoms with Crippen molar-refractivity contribution in [3.63, 3.8) is 0 Å². The summed E-state index contributed by atoms with van der Waals surface area (Å²) in [6.45, 7) is 4.21. The molecule has 0 unspecified atom stereocenters. The number of benzene rings is 2. The Labute approximate surface area is 153 Å². The molecule has 1 N–H and O–H groups in total. The molecule has 6 nitrogen and oxygen atoms in total. The second-order valence-corrected chi connectivity index (χ2v) is 5.84. The van der Waals surface area contributed by atoms with Crippen molar-refractivity contribution in [2.24, 2.45) is 0 Å². The molecule has 2 rings (SSSR count). The third-order valence-corrected chi connectivity index (χ3v) is 3.96. The van der Waals surface area contributed by atoms with Crippen molar-refractivity contribution in [1.29, 1.82) is 0 Å². The molecule has 0 heterocycles. The zero-order valence-electron chi connectivity index (χ0n) is 15.5. The van der Waals surface area contributed by atoms with Crippen LogP contribution in [0.25, 0.3) is 0 Å². The van der Waals surface area contributed by atoms with Crippen molar-refractivity contribution >= 4 is 17.5 Å². The topological polar surface area (TPSA) is 67.9 Å². The molecule has 138 valence electrons. The van der Waals surface area contributed by atoms with Crippen LogP contribution in [0.1, 0.15) is 22.8 Å². The minimum Gasteiger partial charge on any atom is -0.493 e. The largest absolute Gasteiger partial charge is 0.493 e. The highest BCUT2D eigenvalue weighted by Crippen LogP contribution is 2.27. The summed E-state index contributed by atoms with van der Waals surface area (Å²) >= 11 is 0. The average Bonchev–Trinajstić information content (AvgIpc) is 2.64. The summed E-state index contributed by atoms with van der Waals surface area (Å²) < 4.78 is 10.4. The van der Waals surface area contributed by atoms with Gasteiger partial charge in [-0.25, -0.2) is 0 Å². The molecule has 0 radical (unpaired) electrons. The summed E-state index contributed by atoms with van der Waals surface area (Å²) in [6, 6.07) is 12.7. The summed E-state index contributed by atoms with van der Waals surface area (Å²) in [5.74, 6) is 0.742. The first-order valence-corrected chi connectivity index (χ1v) is 8.31. The lowest BCUT2D eigenvalue weighted by atomic mass is 10.2. The number of carbonyl (C=O) groups excluding carboxylic acids is 2. The number of anilines is 1. The number of nitrogens with one attached hydrogen (secondary N) is 1. The van der Waals surface area contributed by atoms with Gasteiger partial charge in [0.15, 0.2) is 11.5 Å². The first-order chi connectivity index (χ1) is 12.5. The van der Waals surface area contributed by atoms with Crippen LogP contribution in [0, 0.1) is 6.92 Å². The van der Waals surface area contributed by atoms with E-state index in [0.717, 1.165) is 11.3 Å². The van der Waals surface area contributed by atoms with E-state index in [1.54, 1.807) is 30.2 Å². The summed E-state index contributed by atoms with van der Waals surface area (Å²) in [7, 11) is 3.06. The SMILES string of the molecule is COc1ccc(C(=O)NCCN(C(C)=O)c2cccc(C)c2)cc1OC. The van der Waals surface area contributed by atoms with Crippen LogP contribution in [-0.2, 0) is 4.79 Å². The molecule has 0 spiro atoms. The molecule has 26 heavy (non-hydrogen) atoms. The molecule has 0 aliphatic carbocycles. The Bertz CT molecular complexity index is 789. The number of rotatable bonds is 7. The van der Waals surface area contributed by atoms with Gasteiger partial charge in [0.2, 0.25) is 5.91 Å². The fourth-order valence-corrected chi connectivity index (χ4v) is 2.62. The van der Waals surface area contributed by atoms with Crippen molar-refractivity contribution in [2.45, 2.75) is 13.8 Å². The third-order valence-electron chi connectivity index (χ3n) is 3.96. The fraction of sp³-hybridized carbons (Fsp3) is 0.300. The minimum absolute atomic E-state index is 0.0732. The maximum absolute atomic E-state index is 12.3. The van der Waals surface area contributed by atoms with Crippen molar-refractivity contribution in [3.05, 3.63) is 53.6 Å². The number of hydrogen-bond donors (Lipinski definition) is 1. The normalized spacial score (nSPS) is 10.2. The van der Waals surface area contributed by atoms with Crippen LogP contribution in [0.3, 0.4) is 0 Å². The molecular formula is C20H24N2O4. The Morgan fingerprint density at radius 2 is 1.77 bits per heavy atom. The van der Waals surface area contributed by atoms with Gasteiger partial charge in [0.05, 0.1) is 14.2 Å². The molecule has 2 amide bonds. The van der Waals surface area contributed by atoms with Crippen LogP contribution in [0.2, 0.25) is 0 Å². The Morgan fingerprint density at radius 1 is 1.04 bits per heavy atom. The predicted octanol–water partition coefficient (Wildman–Crippen LogP) is 2.80. The van der Waals surface area contributed by atoms with Crippen molar-refractivity contribution in [1.82, 2.24) is 5.32 Å². The molecule has 2 aromatic rings. The van der Waals surface area contributed by atoms with E-state index >= 15 is 0 Å².